The minimum absolute atomic E-state index is 0.346. The second-order valence-corrected chi connectivity index (χ2v) is 15.0. The van der Waals surface area contributed by atoms with Gasteiger partial charge in [-0.25, -0.2) is 9.97 Å². The first-order valence-electron chi connectivity index (χ1n) is 19.3. The lowest BCUT2D eigenvalue weighted by molar-refractivity contribution is 0.794. The van der Waals surface area contributed by atoms with E-state index >= 15 is 0 Å². The summed E-state index contributed by atoms with van der Waals surface area (Å²) in [5, 5.41) is 0. The normalized spacial score (nSPS) is 12.9. The van der Waals surface area contributed by atoms with Gasteiger partial charge in [0.25, 0.3) is 0 Å². The van der Waals surface area contributed by atoms with Gasteiger partial charge in [0.2, 0.25) is 0 Å². The van der Waals surface area contributed by atoms with E-state index in [0.717, 1.165) is 39.2 Å². The van der Waals surface area contributed by atoms with Gasteiger partial charge in [-0.05, 0) is 98.0 Å². The quantitative estimate of drug-likeness (QED) is 0.178. The Labute approximate surface area is 327 Å². The Bertz CT molecular complexity index is 2930. The maximum atomic E-state index is 5.21. The second kappa shape index (κ2) is 12.7. The second-order valence-electron chi connectivity index (χ2n) is 15.0. The lowest BCUT2D eigenvalue weighted by atomic mass is 9.70. The molecule has 11 rings (SSSR count). The van der Waals surface area contributed by atoms with Crippen LogP contribution in [0, 0.1) is 6.92 Å². The maximum absolute atomic E-state index is 5.21. The molecule has 56 heavy (non-hydrogen) atoms. The Morgan fingerprint density at radius 2 is 0.732 bits per heavy atom. The molecular weight excluding hydrogens is 677 g/mol. The molecule has 0 saturated carbocycles. The Kier molecular flexibility index (Phi) is 7.33. The summed E-state index contributed by atoms with van der Waals surface area (Å²) in [5.41, 5.74) is 21.1. The van der Waals surface area contributed by atoms with Crippen molar-refractivity contribution in [2.75, 3.05) is 0 Å². The van der Waals surface area contributed by atoms with Gasteiger partial charge in [-0.2, -0.15) is 0 Å². The van der Waals surface area contributed by atoms with Crippen molar-refractivity contribution in [1.82, 2.24) is 9.97 Å². The van der Waals surface area contributed by atoms with Crippen LogP contribution >= 0.6 is 0 Å². The first-order chi connectivity index (χ1) is 27.6. The van der Waals surface area contributed by atoms with Crippen molar-refractivity contribution in [3.8, 4) is 78.4 Å². The third-order valence-corrected chi connectivity index (χ3v) is 11.8. The first kappa shape index (κ1) is 32.3. The Hall–Kier alpha value is -7.16. The average molecular weight is 713 g/mol. The fourth-order valence-electron chi connectivity index (χ4n) is 9.20. The molecule has 8 aromatic carbocycles. The molecule has 0 unspecified atom stereocenters. The van der Waals surface area contributed by atoms with E-state index < -0.39 is 0 Å². The highest BCUT2D eigenvalue weighted by Crippen LogP contribution is 2.62. The van der Waals surface area contributed by atoms with E-state index in [9.17, 15) is 0 Å². The van der Waals surface area contributed by atoms with Crippen LogP contribution in [0.5, 0.6) is 0 Å². The molecule has 0 atom stereocenters. The fourth-order valence-corrected chi connectivity index (χ4v) is 9.20. The number of fused-ring (bicyclic) bond motifs is 10. The third-order valence-electron chi connectivity index (χ3n) is 11.8. The van der Waals surface area contributed by atoms with Crippen LogP contribution in [-0.2, 0) is 5.41 Å². The third kappa shape index (κ3) is 4.96. The van der Waals surface area contributed by atoms with Gasteiger partial charge in [0, 0.05) is 16.7 Å². The molecule has 0 bridgehead atoms. The van der Waals surface area contributed by atoms with E-state index in [1.807, 2.05) is 0 Å². The molecule has 9 aromatic rings. The molecule has 2 aliphatic carbocycles. The summed E-state index contributed by atoms with van der Waals surface area (Å²) >= 11 is 0. The largest absolute Gasteiger partial charge is 0.228 e. The summed E-state index contributed by atoms with van der Waals surface area (Å²) in [6, 6.07) is 72.6. The van der Waals surface area contributed by atoms with Crippen LogP contribution in [0.2, 0.25) is 0 Å². The van der Waals surface area contributed by atoms with Gasteiger partial charge in [0.1, 0.15) is 0 Å². The number of aromatic nitrogens is 2. The lowest BCUT2D eigenvalue weighted by Gasteiger charge is -2.30. The minimum Gasteiger partial charge on any atom is -0.228 e. The van der Waals surface area contributed by atoms with Gasteiger partial charge < -0.3 is 0 Å². The highest BCUT2D eigenvalue weighted by atomic mass is 14.9. The Morgan fingerprint density at radius 1 is 0.304 bits per heavy atom. The fraction of sp³-hybridized carbons (Fsp3) is 0.0370. The molecule has 0 aliphatic heterocycles. The lowest BCUT2D eigenvalue weighted by Crippen LogP contribution is -2.25. The predicted molar refractivity (Wildman–Crippen MR) is 230 cm³/mol. The molecule has 1 spiro atoms. The van der Waals surface area contributed by atoms with Crippen molar-refractivity contribution in [3.05, 3.63) is 228 Å². The van der Waals surface area contributed by atoms with E-state index in [-0.39, 0.29) is 5.41 Å². The summed E-state index contributed by atoms with van der Waals surface area (Å²) in [4.78, 5) is 10.4. The molecule has 1 aromatic heterocycles. The predicted octanol–water partition coefficient (Wildman–Crippen LogP) is 13.5. The molecule has 0 N–H and O–H groups in total. The van der Waals surface area contributed by atoms with Crippen LogP contribution in [0.25, 0.3) is 78.4 Å². The van der Waals surface area contributed by atoms with E-state index in [0.29, 0.717) is 5.82 Å². The highest BCUT2D eigenvalue weighted by molar-refractivity contribution is 5.96. The van der Waals surface area contributed by atoms with Crippen LogP contribution < -0.4 is 0 Å². The Balaban J connectivity index is 1.05. The molecule has 1 heterocycles. The van der Waals surface area contributed by atoms with Crippen LogP contribution in [0.1, 0.15) is 27.8 Å². The topological polar surface area (TPSA) is 25.8 Å². The Morgan fingerprint density at radius 3 is 1.32 bits per heavy atom. The summed E-state index contributed by atoms with van der Waals surface area (Å²) in [7, 11) is 0. The molecule has 0 amide bonds. The standard InChI is InChI=1S/C54H36N2/c1-35-25-27-37(28-26-35)53-55-51(41-17-11-15-38(31-41)36-13-3-2-4-14-36)34-52(56-53)42-18-12-16-39(32-42)40-29-30-50-46(33-40)45-21-7-10-24-49(45)54(50)47-22-8-5-19-43(47)44-20-6-9-23-48(44)54/h2-34H,1H3. The zero-order valence-electron chi connectivity index (χ0n) is 30.9. The van der Waals surface area contributed by atoms with Gasteiger partial charge in [-0.1, -0.05) is 181 Å². The van der Waals surface area contributed by atoms with E-state index in [1.54, 1.807) is 0 Å². The van der Waals surface area contributed by atoms with Gasteiger partial charge in [-0.3, -0.25) is 0 Å². The van der Waals surface area contributed by atoms with Crippen molar-refractivity contribution in [3.63, 3.8) is 0 Å². The zero-order chi connectivity index (χ0) is 37.2. The van der Waals surface area contributed by atoms with Crippen LogP contribution in [0.3, 0.4) is 0 Å². The number of hydrogen-bond acceptors (Lipinski definition) is 2. The molecule has 0 saturated heterocycles. The maximum Gasteiger partial charge on any atom is 0.160 e. The average Bonchev–Trinajstić information content (AvgIpc) is 3.74. The van der Waals surface area contributed by atoms with E-state index in [2.05, 4.69) is 207 Å². The summed E-state index contributed by atoms with van der Waals surface area (Å²) in [5.74, 6) is 0.713. The van der Waals surface area contributed by atoms with E-state index in [4.69, 9.17) is 9.97 Å². The monoisotopic (exact) mass is 712 g/mol. The minimum atomic E-state index is -0.346. The number of nitrogens with zero attached hydrogens (tertiary/aromatic N) is 2. The van der Waals surface area contributed by atoms with Crippen LogP contribution in [0.4, 0.5) is 0 Å². The zero-order valence-corrected chi connectivity index (χ0v) is 30.9. The van der Waals surface area contributed by atoms with Gasteiger partial charge in [0.15, 0.2) is 5.82 Å². The van der Waals surface area contributed by atoms with Crippen LogP contribution in [-0.4, -0.2) is 9.97 Å². The molecule has 2 aliphatic rings. The summed E-state index contributed by atoms with van der Waals surface area (Å²) < 4.78 is 0. The molecule has 0 fully saturated rings. The first-order valence-corrected chi connectivity index (χ1v) is 19.3. The molecule has 2 heteroatoms. The van der Waals surface area contributed by atoms with Gasteiger partial charge in [-0.15, -0.1) is 0 Å². The number of aryl methyl sites for hydroxylation is 1. The highest BCUT2D eigenvalue weighted by Gasteiger charge is 2.51. The summed E-state index contributed by atoms with van der Waals surface area (Å²) in [6.45, 7) is 2.11. The number of benzene rings is 8. The van der Waals surface area contributed by atoms with Crippen molar-refractivity contribution < 1.29 is 0 Å². The molecular formula is C54H36N2. The molecule has 2 nitrogen and oxygen atoms in total. The molecule has 0 radical (unpaired) electrons. The number of hydrogen-bond donors (Lipinski definition) is 0. The van der Waals surface area contributed by atoms with Crippen LogP contribution in [0.15, 0.2) is 200 Å². The van der Waals surface area contributed by atoms with Crippen molar-refractivity contribution >= 4 is 0 Å². The van der Waals surface area contributed by atoms with Crippen molar-refractivity contribution in [2.24, 2.45) is 0 Å². The number of rotatable bonds is 5. The smallest absolute Gasteiger partial charge is 0.160 e. The van der Waals surface area contributed by atoms with E-state index in [1.165, 1.54) is 61.2 Å². The van der Waals surface area contributed by atoms with Crippen molar-refractivity contribution in [2.45, 2.75) is 12.3 Å². The van der Waals surface area contributed by atoms with Crippen molar-refractivity contribution in [1.29, 1.82) is 0 Å². The van der Waals surface area contributed by atoms with Gasteiger partial charge in [0.05, 0.1) is 16.8 Å². The molecule has 262 valence electrons. The summed E-state index contributed by atoms with van der Waals surface area (Å²) in [6.07, 6.45) is 0. The van der Waals surface area contributed by atoms with Gasteiger partial charge >= 0.3 is 0 Å². The SMILES string of the molecule is Cc1ccc(-c2nc(-c3cccc(-c4ccccc4)c3)cc(-c3cccc(-c4ccc5c(c4)-c4ccccc4C54c5ccccc5-c5ccccc54)c3)n2)cc1.